The molecule has 2 atom stereocenters. The maximum atomic E-state index is 6.46. The third kappa shape index (κ3) is 3.95. The Morgan fingerprint density at radius 3 is 1.93 bits per heavy atom. The minimum atomic E-state index is -0.353. The highest BCUT2D eigenvalue weighted by Gasteiger charge is 2.36. The van der Waals surface area contributed by atoms with Crippen molar-refractivity contribution in [2.75, 3.05) is 6.61 Å². The summed E-state index contributed by atoms with van der Waals surface area (Å²) in [6, 6.07) is 25.8. The van der Waals surface area contributed by atoms with Crippen LogP contribution in [0.5, 0.6) is 5.75 Å². The zero-order chi connectivity index (χ0) is 20.2. The number of ether oxygens (including phenoxy) is 2. The summed E-state index contributed by atoms with van der Waals surface area (Å²) in [4.78, 5) is 0. The fraction of sp³-hybridized carbons (Fsp3) is 0.333. The summed E-state index contributed by atoms with van der Waals surface area (Å²) in [6.45, 7) is 7.29. The molecular weight excluding hydrogens is 356 g/mol. The number of fused-ring (bicyclic) bond motifs is 3. The first kappa shape index (κ1) is 19.7. The summed E-state index contributed by atoms with van der Waals surface area (Å²) in [5.41, 5.74) is 6.49. The van der Waals surface area contributed by atoms with E-state index >= 15 is 0 Å². The Balaban J connectivity index is 1.67. The Kier molecular flexibility index (Phi) is 6.01. The van der Waals surface area contributed by atoms with E-state index in [9.17, 15) is 0 Å². The molecule has 0 aliphatic heterocycles. The maximum Gasteiger partial charge on any atom is 0.210 e. The minimum Gasteiger partial charge on any atom is -0.464 e. The predicted octanol–water partition coefficient (Wildman–Crippen LogP) is 7.14. The second-order valence-electron chi connectivity index (χ2n) is 7.89. The van der Waals surface area contributed by atoms with E-state index in [1.54, 1.807) is 0 Å². The highest BCUT2D eigenvalue weighted by atomic mass is 16.7. The molecule has 0 saturated heterocycles. The van der Waals surface area contributed by atoms with Crippen LogP contribution in [0.2, 0.25) is 0 Å². The Hall–Kier alpha value is -2.58. The number of hydrogen-bond donors (Lipinski definition) is 0. The van der Waals surface area contributed by atoms with Crippen molar-refractivity contribution in [1.29, 1.82) is 0 Å². The molecule has 0 radical (unpaired) electrons. The van der Waals surface area contributed by atoms with Gasteiger partial charge in [-0.1, -0.05) is 81.4 Å². The summed E-state index contributed by atoms with van der Waals surface area (Å²) in [5.74, 6) is 1.49. The first-order valence-electron chi connectivity index (χ1n) is 10.8. The molecule has 0 N–H and O–H groups in total. The normalized spacial score (nSPS) is 14.9. The molecule has 4 rings (SSSR count). The van der Waals surface area contributed by atoms with E-state index in [1.807, 2.05) is 0 Å². The zero-order valence-electron chi connectivity index (χ0n) is 17.6. The van der Waals surface area contributed by atoms with Crippen molar-refractivity contribution in [3.8, 4) is 16.9 Å². The van der Waals surface area contributed by atoms with Crippen molar-refractivity contribution in [3.05, 3.63) is 89.5 Å². The third-order valence-corrected chi connectivity index (χ3v) is 5.95. The molecule has 150 valence electrons. The summed E-state index contributed by atoms with van der Waals surface area (Å²) >= 11 is 0. The predicted molar refractivity (Wildman–Crippen MR) is 120 cm³/mol. The van der Waals surface area contributed by atoms with Gasteiger partial charge in [-0.3, -0.25) is 0 Å². The van der Waals surface area contributed by atoms with Gasteiger partial charge in [-0.2, -0.15) is 0 Å². The Labute approximate surface area is 174 Å². The van der Waals surface area contributed by atoms with E-state index < -0.39 is 0 Å². The van der Waals surface area contributed by atoms with Crippen LogP contribution in [-0.4, -0.2) is 12.9 Å². The Morgan fingerprint density at radius 2 is 1.38 bits per heavy atom. The molecule has 1 aliphatic carbocycles. The van der Waals surface area contributed by atoms with Gasteiger partial charge in [-0.05, 0) is 58.7 Å². The molecule has 0 heterocycles. The second-order valence-corrected chi connectivity index (χ2v) is 7.89. The van der Waals surface area contributed by atoms with Gasteiger partial charge >= 0.3 is 0 Å². The molecule has 0 saturated carbocycles. The maximum absolute atomic E-state index is 6.46. The Bertz CT molecular complexity index is 899. The van der Waals surface area contributed by atoms with Crippen molar-refractivity contribution >= 4 is 0 Å². The minimum absolute atomic E-state index is 0.0724. The lowest BCUT2D eigenvalue weighted by Gasteiger charge is -2.27. The van der Waals surface area contributed by atoms with E-state index in [0.29, 0.717) is 12.5 Å². The van der Waals surface area contributed by atoms with E-state index in [0.717, 1.165) is 18.6 Å². The van der Waals surface area contributed by atoms with Gasteiger partial charge in [0.05, 0.1) is 12.5 Å². The summed E-state index contributed by atoms with van der Waals surface area (Å²) in [6.07, 6.45) is 1.75. The van der Waals surface area contributed by atoms with E-state index in [2.05, 4.69) is 93.6 Å². The lowest BCUT2D eigenvalue weighted by Crippen LogP contribution is -2.28. The van der Waals surface area contributed by atoms with Crippen LogP contribution in [0.1, 0.15) is 62.1 Å². The molecule has 0 fully saturated rings. The fourth-order valence-corrected chi connectivity index (χ4v) is 4.16. The molecule has 0 amide bonds. The average Bonchev–Trinajstić information content (AvgIpc) is 3.11. The second kappa shape index (κ2) is 8.84. The molecule has 29 heavy (non-hydrogen) atoms. The summed E-state index contributed by atoms with van der Waals surface area (Å²) in [5, 5.41) is 0. The molecule has 2 heteroatoms. The SMILES string of the molecule is CCCOC(Oc1ccc(C(C)CC)cc1)C1c2ccccc2-c2ccccc21. The number of rotatable bonds is 8. The molecule has 0 aromatic heterocycles. The van der Waals surface area contributed by atoms with Gasteiger partial charge in [-0.25, -0.2) is 0 Å². The van der Waals surface area contributed by atoms with Crippen LogP contribution in [0.25, 0.3) is 11.1 Å². The van der Waals surface area contributed by atoms with Gasteiger partial charge in [0.25, 0.3) is 0 Å². The molecule has 2 nitrogen and oxygen atoms in total. The van der Waals surface area contributed by atoms with Gasteiger partial charge in [0, 0.05) is 0 Å². The van der Waals surface area contributed by atoms with Crippen LogP contribution in [0, 0.1) is 0 Å². The van der Waals surface area contributed by atoms with Gasteiger partial charge in [0.15, 0.2) is 0 Å². The van der Waals surface area contributed by atoms with Crippen LogP contribution in [0.3, 0.4) is 0 Å². The van der Waals surface area contributed by atoms with Crippen LogP contribution in [0.15, 0.2) is 72.8 Å². The lowest BCUT2D eigenvalue weighted by molar-refractivity contribution is -0.0885. The van der Waals surface area contributed by atoms with Gasteiger partial charge in [-0.15, -0.1) is 0 Å². The molecule has 0 bridgehead atoms. The standard InChI is InChI=1S/C27H30O2/c1-4-18-28-27(29-21-16-14-20(15-17-21)19(3)5-2)26-24-12-8-6-10-22(24)23-11-7-9-13-25(23)26/h6-17,19,26-27H,4-5,18H2,1-3H3. The largest absolute Gasteiger partial charge is 0.464 e. The van der Waals surface area contributed by atoms with E-state index in [-0.39, 0.29) is 12.2 Å². The zero-order valence-corrected chi connectivity index (χ0v) is 17.6. The fourth-order valence-electron chi connectivity index (χ4n) is 4.16. The monoisotopic (exact) mass is 386 g/mol. The molecular formula is C27H30O2. The van der Waals surface area contributed by atoms with Crippen LogP contribution >= 0.6 is 0 Å². The molecule has 2 unspecified atom stereocenters. The summed E-state index contributed by atoms with van der Waals surface area (Å²) < 4.78 is 12.7. The summed E-state index contributed by atoms with van der Waals surface area (Å²) in [7, 11) is 0. The van der Waals surface area contributed by atoms with E-state index in [4.69, 9.17) is 9.47 Å². The quantitative estimate of drug-likeness (QED) is 0.383. The smallest absolute Gasteiger partial charge is 0.210 e. The van der Waals surface area contributed by atoms with Crippen molar-refractivity contribution in [3.63, 3.8) is 0 Å². The first-order valence-corrected chi connectivity index (χ1v) is 10.8. The van der Waals surface area contributed by atoms with Gasteiger partial charge in [0.1, 0.15) is 5.75 Å². The number of hydrogen-bond acceptors (Lipinski definition) is 2. The average molecular weight is 387 g/mol. The van der Waals surface area contributed by atoms with Gasteiger partial charge in [0.2, 0.25) is 6.29 Å². The van der Waals surface area contributed by atoms with Crippen LogP contribution < -0.4 is 4.74 Å². The molecule has 3 aromatic rings. The molecule has 1 aliphatic rings. The molecule has 0 spiro atoms. The van der Waals surface area contributed by atoms with Crippen molar-refractivity contribution < 1.29 is 9.47 Å². The third-order valence-electron chi connectivity index (χ3n) is 5.95. The number of benzene rings is 3. The van der Waals surface area contributed by atoms with Crippen molar-refractivity contribution in [2.45, 2.75) is 51.7 Å². The first-order chi connectivity index (χ1) is 14.2. The molecule has 3 aromatic carbocycles. The van der Waals surface area contributed by atoms with Crippen LogP contribution in [0.4, 0.5) is 0 Å². The lowest BCUT2D eigenvalue weighted by atomic mass is 9.96. The Morgan fingerprint density at radius 1 is 0.793 bits per heavy atom. The topological polar surface area (TPSA) is 18.5 Å². The van der Waals surface area contributed by atoms with E-state index in [1.165, 1.54) is 27.8 Å². The van der Waals surface area contributed by atoms with Crippen molar-refractivity contribution in [1.82, 2.24) is 0 Å². The van der Waals surface area contributed by atoms with Gasteiger partial charge < -0.3 is 9.47 Å². The highest BCUT2D eigenvalue weighted by molar-refractivity contribution is 5.78. The van der Waals surface area contributed by atoms with Crippen molar-refractivity contribution in [2.24, 2.45) is 0 Å². The highest BCUT2D eigenvalue weighted by Crippen LogP contribution is 2.47. The van der Waals surface area contributed by atoms with Crippen LogP contribution in [-0.2, 0) is 4.74 Å².